The summed E-state index contributed by atoms with van der Waals surface area (Å²) in [6.07, 6.45) is -4.29. The van der Waals surface area contributed by atoms with Gasteiger partial charge in [0.25, 0.3) is 5.56 Å². The number of halogens is 4. The zero-order valence-electron chi connectivity index (χ0n) is 15.0. The predicted molar refractivity (Wildman–Crippen MR) is 94.0 cm³/mol. The van der Waals surface area contributed by atoms with Gasteiger partial charge in [-0.3, -0.25) is 9.59 Å². The largest absolute Gasteiger partial charge is 0.497 e. The average molecular weight is 398 g/mol. The van der Waals surface area contributed by atoms with Gasteiger partial charge in [-0.15, -0.1) is 0 Å². The van der Waals surface area contributed by atoms with Crippen LogP contribution in [0.1, 0.15) is 24.3 Å². The summed E-state index contributed by atoms with van der Waals surface area (Å²) in [5.74, 6) is -1.03. The van der Waals surface area contributed by atoms with Gasteiger partial charge in [-0.25, -0.2) is 4.39 Å². The third kappa shape index (κ3) is 4.18. The highest BCUT2D eigenvalue weighted by Crippen LogP contribution is 2.33. The highest BCUT2D eigenvalue weighted by molar-refractivity contribution is 5.96. The van der Waals surface area contributed by atoms with Gasteiger partial charge in [0.05, 0.1) is 13.5 Å². The molecule has 0 aliphatic carbocycles. The minimum Gasteiger partial charge on any atom is -0.497 e. The summed E-state index contributed by atoms with van der Waals surface area (Å²) in [6, 6.07) is 7.13. The molecule has 9 heteroatoms. The maximum atomic E-state index is 14.3. The van der Waals surface area contributed by atoms with Crippen molar-refractivity contribution in [2.75, 3.05) is 18.6 Å². The van der Waals surface area contributed by atoms with E-state index >= 15 is 0 Å². The molecule has 1 saturated heterocycles. The van der Waals surface area contributed by atoms with Crippen LogP contribution in [0.4, 0.5) is 23.2 Å². The first-order chi connectivity index (χ1) is 13.2. The Bertz CT molecular complexity index is 940. The maximum absolute atomic E-state index is 14.3. The second-order valence-corrected chi connectivity index (χ2v) is 6.55. The molecule has 3 rings (SSSR count). The number of methoxy groups -OCH3 is 1. The average Bonchev–Trinajstić information content (AvgIpc) is 3.01. The van der Waals surface area contributed by atoms with Crippen molar-refractivity contribution >= 4 is 11.6 Å². The second-order valence-electron chi connectivity index (χ2n) is 6.55. The molecule has 1 unspecified atom stereocenters. The SMILES string of the molecule is COc1ccc(C2CC(=O)N(c3cccn(CCC(F)(F)F)c3=O)C2)c(F)c1. The van der Waals surface area contributed by atoms with Crippen molar-refractivity contribution in [2.24, 2.45) is 0 Å². The van der Waals surface area contributed by atoms with E-state index in [1.807, 2.05) is 0 Å². The van der Waals surface area contributed by atoms with Crippen LogP contribution < -0.4 is 15.2 Å². The third-order valence-electron chi connectivity index (χ3n) is 4.70. The fourth-order valence-electron chi connectivity index (χ4n) is 3.27. The van der Waals surface area contributed by atoms with Gasteiger partial charge in [-0.1, -0.05) is 6.07 Å². The first kappa shape index (κ1) is 19.9. The standard InChI is InChI=1S/C19H18F4N2O3/c1-28-13-4-5-14(15(20)10-13)12-9-17(26)25(11-12)16-3-2-7-24(18(16)27)8-6-19(21,22)23/h2-5,7,10,12H,6,8-9,11H2,1H3. The van der Waals surface area contributed by atoms with Gasteiger partial charge in [-0.05, 0) is 23.8 Å². The van der Waals surface area contributed by atoms with Crippen molar-refractivity contribution in [1.82, 2.24) is 4.57 Å². The van der Waals surface area contributed by atoms with E-state index in [1.165, 1.54) is 42.5 Å². The Hall–Kier alpha value is -2.84. The number of pyridine rings is 1. The smallest absolute Gasteiger partial charge is 0.390 e. The number of rotatable bonds is 5. The first-order valence-electron chi connectivity index (χ1n) is 8.59. The molecular weight excluding hydrogens is 380 g/mol. The van der Waals surface area contributed by atoms with Crippen molar-refractivity contribution in [3.8, 4) is 5.75 Å². The van der Waals surface area contributed by atoms with Gasteiger partial charge >= 0.3 is 6.18 Å². The number of carbonyl (C=O) groups excluding carboxylic acids is 1. The molecule has 1 atom stereocenters. The molecule has 0 N–H and O–H groups in total. The van der Waals surface area contributed by atoms with Crippen LogP contribution in [-0.4, -0.2) is 30.3 Å². The highest BCUT2D eigenvalue weighted by Gasteiger charge is 2.34. The molecule has 0 radical (unpaired) electrons. The van der Waals surface area contributed by atoms with Crippen LogP contribution in [-0.2, 0) is 11.3 Å². The summed E-state index contributed by atoms with van der Waals surface area (Å²) in [7, 11) is 1.41. The summed E-state index contributed by atoms with van der Waals surface area (Å²) >= 11 is 0. The summed E-state index contributed by atoms with van der Waals surface area (Å²) in [6.45, 7) is -0.463. The Balaban J connectivity index is 1.83. The van der Waals surface area contributed by atoms with Gasteiger partial charge in [0, 0.05) is 37.7 Å². The Labute approximate surface area is 158 Å². The van der Waals surface area contributed by atoms with E-state index in [9.17, 15) is 27.2 Å². The molecule has 1 aromatic heterocycles. The molecule has 0 bridgehead atoms. The minimum absolute atomic E-state index is 0.000133. The van der Waals surface area contributed by atoms with Crippen molar-refractivity contribution in [3.63, 3.8) is 0 Å². The number of amides is 1. The summed E-state index contributed by atoms with van der Waals surface area (Å²) in [5, 5.41) is 0. The number of benzene rings is 1. The van der Waals surface area contributed by atoms with Gasteiger partial charge in [0.1, 0.15) is 17.3 Å². The summed E-state index contributed by atoms with van der Waals surface area (Å²) in [4.78, 5) is 26.2. The molecular formula is C19H18F4N2O3. The lowest BCUT2D eigenvalue weighted by Gasteiger charge is -2.18. The molecule has 2 aromatic rings. The molecule has 1 amide bonds. The Morgan fingerprint density at radius 1 is 1.21 bits per heavy atom. The molecule has 1 fully saturated rings. The second kappa shape index (κ2) is 7.65. The van der Waals surface area contributed by atoms with Crippen LogP contribution in [0.2, 0.25) is 0 Å². The Morgan fingerprint density at radius 2 is 1.96 bits per heavy atom. The van der Waals surface area contributed by atoms with E-state index in [2.05, 4.69) is 0 Å². The molecule has 28 heavy (non-hydrogen) atoms. The number of alkyl halides is 3. The van der Waals surface area contributed by atoms with Gasteiger partial charge < -0.3 is 14.2 Å². The van der Waals surface area contributed by atoms with Gasteiger partial charge in [0.2, 0.25) is 5.91 Å². The molecule has 5 nitrogen and oxygen atoms in total. The molecule has 2 heterocycles. The monoisotopic (exact) mass is 398 g/mol. The van der Waals surface area contributed by atoms with Crippen molar-refractivity contribution in [1.29, 1.82) is 0 Å². The number of hydrogen-bond donors (Lipinski definition) is 0. The lowest BCUT2D eigenvalue weighted by Crippen LogP contribution is -2.33. The number of aromatic nitrogens is 1. The summed E-state index contributed by atoms with van der Waals surface area (Å²) < 4.78 is 57.5. The summed E-state index contributed by atoms with van der Waals surface area (Å²) in [5.41, 5.74) is -0.368. The van der Waals surface area contributed by atoms with Crippen LogP contribution in [0, 0.1) is 5.82 Å². The molecule has 1 aliphatic rings. The quantitative estimate of drug-likeness (QED) is 0.725. The van der Waals surface area contributed by atoms with Crippen LogP contribution in [0.25, 0.3) is 0 Å². The van der Waals surface area contributed by atoms with Crippen LogP contribution >= 0.6 is 0 Å². The maximum Gasteiger partial charge on any atom is 0.390 e. The topological polar surface area (TPSA) is 51.5 Å². The number of carbonyl (C=O) groups is 1. The van der Waals surface area contributed by atoms with Gasteiger partial charge in [-0.2, -0.15) is 13.2 Å². The fraction of sp³-hybridized carbons (Fsp3) is 0.368. The van der Waals surface area contributed by atoms with E-state index in [4.69, 9.17) is 4.74 Å². The van der Waals surface area contributed by atoms with Crippen molar-refractivity contribution in [2.45, 2.75) is 31.5 Å². The van der Waals surface area contributed by atoms with Crippen LogP contribution in [0.15, 0.2) is 41.3 Å². The van der Waals surface area contributed by atoms with E-state index < -0.39 is 36.4 Å². The highest BCUT2D eigenvalue weighted by atomic mass is 19.4. The van der Waals surface area contributed by atoms with E-state index in [0.29, 0.717) is 11.3 Å². The molecule has 150 valence electrons. The number of hydrogen-bond acceptors (Lipinski definition) is 3. The normalized spacial score (nSPS) is 17.2. The van der Waals surface area contributed by atoms with E-state index in [1.54, 1.807) is 6.07 Å². The zero-order valence-corrected chi connectivity index (χ0v) is 15.0. The fourth-order valence-corrected chi connectivity index (χ4v) is 3.27. The number of nitrogens with zero attached hydrogens (tertiary/aromatic N) is 2. The lowest BCUT2D eigenvalue weighted by molar-refractivity contribution is -0.136. The lowest BCUT2D eigenvalue weighted by atomic mass is 9.97. The zero-order chi connectivity index (χ0) is 20.5. The Morgan fingerprint density at radius 3 is 2.61 bits per heavy atom. The van der Waals surface area contributed by atoms with E-state index in [-0.39, 0.29) is 24.6 Å². The third-order valence-corrected chi connectivity index (χ3v) is 4.70. The molecule has 1 aliphatic heterocycles. The van der Waals surface area contributed by atoms with Crippen LogP contribution in [0.3, 0.4) is 0 Å². The predicted octanol–water partition coefficient (Wildman–Crippen LogP) is 3.47. The number of ether oxygens (including phenoxy) is 1. The van der Waals surface area contributed by atoms with Crippen molar-refractivity contribution < 1.29 is 27.1 Å². The Kier molecular flexibility index (Phi) is 5.44. The van der Waals surface area contributed by atoms with Gasteiger partial charge in [0.15, 0.2) is 0 Å². The van der Waals surface area contributed by atoms with Crippen LogP contribution in [0.5, 0.6) is 5.75 Å². The molecule has 1 aromatic carbocycles. The minimum atomic E-state index is -4.39. The molecule has 0 saturated carbocycles. The number of anilines is 1. The molecule has 0 spiro atoms. The first-order valence-corrected chi connectivity index (χ1v) is 8.59. The van der Waals surface area contributed by atoms with E-state index in [0.717, 1.165) is 4.57 Å². The van der Waals surface area contributed by atoms with Crippen molar-refractivity contribution in [3.05, 3.63) is 58.3 Å². The number of aryl methyl sites for hydroxylation is 1.